The predicted molar refractivity (Wildman–Crippen MR) is 135 cm³/mol. The average Bonchev–Trinajstić information content (AvgIpc) is 3.48. The molecule has 0 atom stereocenters. The van der Waals surface area contributed by atoms with Crippen LogP contribution in [0.4, 0.5) is 0 Å². The maximum Gasteiger partial charge on any atom is 0.194 e. The molecule has 0 bridgehead atoms. The van der Waals surface area contributed by atoms with E-state index in [1.165, 1.54) is 15.3 Å². The van der Waals surface area contributed by atoms with Gasteiger partial charge < -0.3 is 19.5 Å². The first kappa shape index (κ1) is 23.6. The minimum atomic E-state index is 0. The van der Waals surface area contributed by atoms with Gasteiger partial charge in [0.2, 0.25) is 0 Å². The third kappa shape index (κ3) is 6.20. The maximum atomic E-state index is 5.24. The van der Waals surface area contributed by atoms with Crippen LogP contribution in [0.3, 0.4) is 0 Å². The number of rotatable bonds is 6. The molecule has 31 heavy (non-hydrogen) atoms. The Hall–Kier alpha value is -2.11. The zero-order chi connectivity index (χ0) is 20.8. The molecule has 0 amide bonds. The van der Waals surface area contributed by atoms with Crippen molar-refractivity contribution in [2.45, 2.75) is 13.1 Å². The van der Waals surface area contributed by atoms with E-state index in [0.29, 0.717) is 0 Å². The molecule has 1 aromatic carbocycles. The van der Waals surface area contributed by atoms with Crippen molar-refractivity contribution in [3.05, 3.63) is 59.3 Å². The fraction of sp³-hybridized carbons (Fsp3) is 0.364. The van der Waals surface area contributed by atoms with Crippen molar-refractivity contribution in [2.24, 2.45) is 4.99 Å². The van der Waals surface area contributed by atoms with Gasteiger partial charge in [-0.05, 0) is 42.0 Å². The van der Waals surface area contributed by atoms with Crippen LogP contribution in [0, 0.1) is 0 Å². The van der Waals surface area contributed by atoms with E-state index >= 15 is 0 Å². The second kappa shape index (κ2) is 11.5. The van der Waals surface area contributed by atoms with Crippen LogP contribution in [0.25, 0.3) is 10.4 Å². The summed E-state index contributed by atoms with van der Waals surface area (Å²) in [6.07, 6.45) is 1.63. The molecule has 0 saturated carbocycles. The number of hydrogen-bond acceptors (Lipinski definition) is 6. The van der Waals surface area contributed by atoms with E-state index in [0.717, 1.165) is 56.7 Å². The number of benzene rings is 1. The molecule has 3 heterocycles. The zero-order valence-electron chi connectivity index (χ0n) is 17.8. The molecular weight excluding hydrogens is 525 g/mol. The van der Waals surface area contributed by atoms with Crippen molar-refractivity contribution in [1.29, 1.82) is 0 Å². The minimum Gasteiger partial charge on any atom is -0.497 e. The molecular formula is C22H28IN5O2S. The number of ether oxygens (including phenoxy) is 1. The molecule has 1 saturated heterocycles. The predicted octanol–water partition coefficient (Wildman–Crippen LogP) is 3.92. The standard InChI is InChI=1S/C22H27N5O2S.HI/c1-23-22(27-12-10-26(11-13-27)16-18-9-14-29-25-18)24-15-20-7-8-21(30-20)17-3-5-19(28-2)6-4-17;/h3-9,14H,10-13,15-16H2,1-2H3,(H,23,24);1H. The molecule has 0 aliphatic carbocycles. The number of hydrogen-bond donors (Lipinski definition) is 1. The highest BCUT2D eigenvalue weighted by Gasteiger charge is 2.20. The van der Waals surface area contributed by atoms with Crippen molar-refractivity contribution in [3.63, 3.8) is 0 Å². The van der Waals surface area contributed by atoms with Gasteiger partial charge in [0, 0.05) is 55.6 Å². The van der Waals surface area contributed by atoms with Gasteiger partial charge in [-0.15, -0.1) is 35.3 Å². The van der Waals surface area contributed by atoms with Crippen molar-refractivity contribution in [2.75, 3.05) is 40.3 Å². The van der Waals surface area contributed by atoms with Crippen LogP contribution in [0.1, 0.15) is 10.6 Å². The van der Waals surface area contributed by atoms with Gasteiger partial charge in [-0.3, -0.25) is 9.89 Å². The number of piperazine rings is 1. The molecule has 4 rings (SSSR count). The van der Waals surface area contributed by atoms with E-state index in [2.05, 4.69) is 49.5 Å². The van der Waals surface area contributed by atoms with Crippen molar-refractivity contribution in [1.82, 2.24) is 20.3 Å². The molecule has 0 radical (unpaired) electrons. The topological polar surface area (TPSA) is 66.1 Å². The molecule has 166 valence electrons. The van der Waals surface area contributed by atoms with Crippen molar-refractivity contribution in [3.8, 4) is 16.2 Å². The summed E-state index contributed by atoms with van der Waals surface area (Å²) < 4.78 is 10.2. The fourth-order valence-electron chi connectivity index (χ4n) is 3.55. The lowest BCUT2D eigenvalue weighted by atomic mass is 10.2. The first-order chi connectivity index (χ1) is 14.7. The lowest BCUT2D eigenvalue weighted by Gasteiger charge is -2.36. The molecule has 7 nitrogen and oxygen atoms in total. The van der Waals surface area contributed by atoms with Crippen LogP contribution < -0.4 is 10.1 Å². The molecule has 0 spiro atoms. The number of thiophene rings is 1. The molecule has 0 unspecified atom stereocenters. The van der Waals surface area contributed by atoms with Crippen LogP contribution in [-0.2, 0) is 13.1 Å². The molecule has 1 aliphatic heterocycles. The van der Waals surface area contributed by atoms with E-state index in [9.17, 15) is 0 Å². The molecule has 1 fully saturated rings. The van der Waals surface area contributed by atoms with Gasteiger partial charge in [-0.1, -0.05) is 5.16 Å². The quantitative estimate of drug-likeness (QED) is 0.284. The Morgan fingerprint density at radius 2 is 1.90 bits per heavy atom. The Bertz CT molecular complexity index is 951. The third-order valence-electron chi connectivity index (χ3n) is 5.22. The fourth-order valence-corrected chi connectivity index (χ4v) is 4.50. The highest BCUT2D eigenvalue weighted by atomic mass is 127. The van der Waals surface area contributed by atoms with E-state index in [1.807, 2.05) is 25.2 Å². The molecule has 3 aromatic rings. The Balaban J connectivity index is 0.00000272. The van der Waals surface area contributed by atoms with Crippen LogP contribution in [-0.4, -0.2) is 61.3 Å². The number of aliphatic imine (C=N–C) groups is 1. The van der Waals surface area contributed by atoms with Crippen molar-refractivity contribution < 1.29 is 9.26 Å². The Morgan fingerprint density at radius 3 is 2.55 bits per heavy atom. The van der Waals surface area contributed by atoms with E-state index in [-0.39, 0.29) is 24.0 Å². The largest absolute Gasteiger partial charge is 0.497 e. The van der Waals surface area contributed by atoms with Gasteiger partial charge in [0.05, 0.1) is 19.3 Å². The first-order valence-corrected chi connectivity index (χ1v) is 10.9. The zero-order valence-corrected chi connectivity index (χ0v) is 20.9. The van der Waals surface area contributed by atoms with E-state index in [4.69, 9.17) is 9.26 Å². The number of aromatic nitrogens is 1. The molecule has 9 heteroatoms. The number of guanidine groups is 1. The van der Waals surface area contributed by atoms with Gasteiger partial charge in [0.1, 0.15) is 12.0 Å². The lowest BCUT2D eigenvalue weighted by molar-refractivity contribution is 0.169. The van der Waals surface area contributed by atoms with Crippen LogP contribution in [0.15, 0.2) is 58.2 Å². The first-order valence-electron chi connectivity index (χ1n) is 10.1. The number of nitrogens with zero attached hydrogens (tertiary/aromatic N) is 4. The van der Waals surface area contributed by atoms with E-state index < -0.39 is 0 Å². The highest BCUT2D eigenvalue weighted by molar-refractivity contribution is 14.0. The summed E-state index contributed by atoms with van der Waals surface area (Å²) in [7, 11) is 3.54. The van der Waals surface area contributed by atoms with Gasteiger partial charge in [-0.2, -0.15) is 0 Å². The summed E-state index contributed by atoms with van der Waals surface area (Å²) in [5.41, 5.74) is 2.19. The Kier molecular flexibility index (Phi) is 8.73. The second-order valence-electron chi connectivity index (χ2n) is 7.15. The summed E-state index contributed by atoms with van der Waals surface area (Å²) in [5.74, 6) is 1.83. The summed E-state index contributed by atoms with van der Waals surface area (Å²) in [5, 5.41) is 7.52. The lowest BCUT2D eigenvalue weighted by Crippen LogP contribution is -2.52. The van der Waals surface area contributed by atoms with Crippen LogP contribution in [0.2, 0.25) is 0 Å². The Labute approximate surface area is 204 Å². The summed E-state index contributed by atoms with van der Waals surface area (Å²) in [4.78, 5) is 11.7. The highest BCUT2D eigenvalue weighted by Crippen LogP contribution is 2.29. The Morgan fingerprint density at radius 1 is 1.13 bits per heavy atom. The SMILES string of the molecule is CN=C(NCc1ccc(-c2ccc(OC)cc2)s1)N1CCN(Cc2ccon2)CC1.I. The smallest absolute Gasteiger partial charge is 0.194 e. The normalized spacial score (nSPS) is 14.9. The summed E-state index contributed by atoms with van der Waals surface area (Å²) >= 11 is 1.80. The van der Waals surface area contributed by atoms with E-state index in [1.54, 1.807) is 24.7 Å². The molecule has 2 aromatic heterocycles. The molecule has 1 aliphatic rings. The summed E-state index contributed by atoms with van der Waals surface area (Å²) in [6, 6.07) is 14.5. The summed E-state index contributed by atoms with van der Waals surface area (Å²) in [6.45, 7) is 5.45. The van der Waals surface area contributed by atoms with Gasteiger partial charge >= 0.3 is 0 Å². The van der Waals surface area contributed by atoms with Crippen LogP contribution in [0.5, 0.6) is 5.75 Å². The van der Waals surface area contributed by atoms with Gasteiger partial charge in [-0.25, -0.2) is 0 Å². The third-order valence-corrected chi connectivity index (χ3v) is 6.35. The number of halogens is 1. The number of methoxy groups -OCH3 is 1. The number of nitrogens with one attached hydrogen (secondary N) is 1. The molecule has 1 N–H and O–H groups in total. The average molecular weight is 553 g/mol. The maximum absolute atomic E-state index is 5.24. The van der Waals surface area contributed by atoms with Crippen LogP contribution >= 0.6 is 35.3 Å². The van der Waals surface area contributed by atoms with Crippen molar-refractivity contribution >= 4 is 41.3 Å². The van der Waals surface area contributed by atoms with Gasteiger partial charge in [0.25, 0.3) is 0 Å². The van der Waals surface area contributed by atoms with Gasteiger partial charge in [0.15, 0.2) is 5.96 Å². The second-order valence-corrected chi connectivity index (χ2v) is 8.32. The monoisotopic (exact) mass is 553 g/mol. The minimum absolute atomic E-state index is 0.